The quantitative estimate of drug-likeness (QED) is 0.237. The van der Waals surface area contributed by atoms with Crippen LogP contribution < -0.4 is 0 Å². The first kappa shape index (κ1) is 22.3. The molecular formula is C36H21N3O. The summed E-state index contributed by atoms with van der Waals surface area (Å²) >= 11 is 0. The number of para-hydroxylation sites is 3. The lowest BCUT2D eigenvalue weighted by Crippen LogP contribution is -2.03. The van der Waals surface area contributed by atoms with Crippen molar-refractivity contribution in [3.63, 3.8) is 0 Å². The minimum Gasteiger partial charge on any atom is -0.456 e. The maximum atomic E-state index is 10.8. The maximum Gasteiger partial charge on any atom is 0.135 e. The second kappa shape index (κ2) is 8.69. The first-order valence-corrected chi connectivity index (χ1v) is 13.2. The molecule has 4 heteroatoms. The minimum absolute atomic E-state index is 0.618. The van der Waals surface area contributed by atoms with E-state index in [4.69, 9.17) is 4.42 Å². The van der Waals surface area contributed by atoms with E-state index < -0.39 is 0 Å². The van der Waals surface area contributed by atoms with Crippen molar-refractivity contribution in [2.75, 3.05) is 0 Å². The predicted octanol–water partition coefficient (Wildman–Crippen LogP) is 9.28. The third kappa shape index (κ3) is 3.22. The molecule has 5 aromatic carbocycles. The molecule has 3 aromatic heterocycles. The van der Waals surface area contributed by atoms with Crippen molar-refractivity contribution in [2.45, 2.75) is 0 Å². The second-order valence-corrected chi connectivity index (χ2v) is 9.91. The molecule has 4 nitrogen and oxygen atoms in total. The van der Waals surface area contributed by atoms with Gasteiger partial charge in [-0.05, 0) is 53.6 Å². The number of rotatable bonds is 3. The van der Waals surface area contributed by atoms with Crippen LogP contribution in [0.2, 0.25) is 0 Å². The van der Waals surface area contributed by atoms with Crippen LogP contribution in [0.3, 0.4) is 0 Å². The number of fused-ring (bicyclic) bond motifs is 6. The minimum atomic E-state index is 0.618. The average Bonchev–Trinajstić information content (AvgIpc) is 3.56. The normalized spacial score (nSPS) is 11.5. The van der Waals surface area contributed by atoms with Crippen LogP contribution in [0.25, 0.3) is 71.7 Å². The Balaban J connectivity index is 1.52. The molecule has 40 heavy (non-hydrogen) atoms. The number of nitriles is 1. The number of hydrogen-bond donors (Lipinski definition) is 0. The lowest BCUT2D eigenvalue weighted by molar-refractivity contribution is 0.669. The molecule has 8 rings (SSSR count). The largest absolute Gasteiger partial charge is 0.456 e. The van der Waals surface area contributed by atoms with Gasteiger partial charge in [-0.2, -0.15) is 5.26 Å². The van der Waals surface area contributed by atoms with Gasteiger partial charge in [0.2, 0.25) is 0 Å². The van der Waals surface area contributed by atoms with Gasteiger partial charge in [0.15, 0.2) is 0 Å². The van der Waals surface area contributed by atoms with Crippen LogP contribution in [0.5, 0.6) is 0 Å². The van der Waals surface area contributed by atoms with Crippen LogP contribution >= 0.6 is 0 Å². The fraction of sp³-hybridized carbons (Fsp3) is 0. The average molecular weight is 512 g/mol. The molecule has 0 atom stereocenters. The standard InChI is InChI=1S/C36H21N3O/c37-22-31-25(23-17-19-38-20-18-23)14-15-26(24-13-16-35-30(21-24)29-9-3-6-12-34(29)40-35)36(31)39-32-10-4-1-7-27(32)28-8-2-5-11-33(28)39/h1-21H. The number of furan rings is 1. The molecule has 0 aliphatic carbocycles. The molecule has 0 amide bonds. The van der Waals surface area contributed by atoms with Gasteiger partial charge in [-0.15, -0.1) is 0 Å². The van der Waals surface area contributed by atoms with E-state index in [0.717, 1.165) is 71.7 Å². The van der Waals surface area contributed by atoms with Crippen LogP contribution in [-0.2, 0) is 0 Å². The molecule has 0 aliphatic rings. The van der Waals surface area contributed by atoms with E-state index in [9.17, 15) is 5.26 Å². The Morgan fingerprint density at radius 3 is 1.93 bits per heavy atom. The zero-order chi connectivity index (χ0) is 26.6. The van der Waals surface area contributed by atoms with Gasteiger partial charge in [-0.3, -0.25) is 4.98 Å². The van der Waals surface area contributed by atoms with E-state index in [-0.39, 0.29) is 0 Å². The highest BCUT2D eigenvalue weighted by atomic mass is 16.3. The van der Waals surface area contributed by atoms with Crippen molar-refractivity contribution in [3.8, 4) is 34.0 Å². The van der Waals surface area contributed by atoms with Crippen molar-refractivity contribution in [1.29, 1.82) is 5.26 Å². The third-order valence-electron chi connectivity index (χ3n) is 7.77. The van der Waals surface area contributed by atoms with E-state index in [2.05, 4.69) is 94.5 Å². The Bertz CT molecular complexity index is 2230. The monoisotopic (exact) mass is 511 g/mol. The summed E-state index contributed by atoms with van der Waals surface area (Å²) in [4.78, 5) is 4.20. The predicted molar refractivity (Wildman–Crippen MR) is 161 cm³/mol. The lowest BCUT2D eigenvalue weighted by Gasteiger charge is -2.18. The third-order valence-corrected chi connectivity index (χ3v) is 7.77. The van der Waals surface area contributed by atoms with Gasteiger partial charge in [-0.25, -0.2) is 0 Å². The number of hydrogen-bond acceptors (Lipinski definition) is 3. The van der Waals surface area contributed by atoms with Crippen molar-refractivity contribution in [2.24, 2.45) is 0 Å². The lowest BCUT2D eigenvalue weighted by atomic mass is 9.92. The van der Waals surface area contributed by atoms with Gasteiger partial charge in [0, 0.05) is 45.1 Å². The topological polar surface area (TPSA) is 54.8 Å². The van der Waals surface area contributed by atoms with E-state index in [1.165, 1.54) is 0 Å². The van der Waals surface area contributed by atoms with Gasteiger partial charge in [0.25, 0.3) is 0 Å². The summed E-state index contributed by atoms with van der Waals surface area (Å²) in [5, 5.41) is 15.2. The summed E-state index contributed by atoms with van der Waals surface area (Å²) in [5.74, 6) is 0. The van der Waals surface area contributed by atoms with Gasteiger partial charge in [0.1, 0.15) is 17.2 Å². The van der Waals surface area contributed by atoms with Crippen LogP contribution in [0.4, 0.5) is 0 Å². The van der Waals surface area contributed by atoms with E-state index in [1.54, 1.807) is 12.4 Å². The smallest absolute Gasteiger partial charge is 0.135 e. The molecule has 0 spiro atoms. The van der Waals surface area contributed by atoms with Crippen molar-refractivity contribution < 1.29 is 4.42 Å². The first-order valence-electron chi connectivity index (χ1n) is 13.2. The molecule has 0 bridgehead atoms. The molecule has 8 aromatic rings. The first-order chi connectivity index (χ1) is 19.8. The van der Waals surface area contributed by atoms with E-state index in [1.807, 2.05) is 36.4 Å². The maximum absolute atomic E-state index is 10.8. The van der Waals surface area contributed by atoms with Crippen molar-refractivity contribution >= 4 is 43.7 Å². The Hall–Kier alpha value is -5.66. The SMILES string of the molecule is N#Cc1c(-c2ccncc2)ccc(-c2ccc3oc4ccccc4c3c2)c1-n1c2ccccc2c2ccccc21. The second-order valence-electron chi connectivity index (χ2n) is 9.91. The van der Waals surface area contributed by atoms with Crippen molar-refractivity contribution in [3.05, 3.63) is 133 Å². The molecule has 186 valence electrons. The summed E-state index contributed by atoms with van der Waals surface area (Å²) in [6, 6.07) is 41.9. The Labute approximate surface area is 230 Å². The fourth-order valence-electron chi connectivity index (χ4n) is 6.00. The summed E-state index contributed by atoms with van der Waals surface area (Å²) < 4.78 is 8.37. The zero-order valence-corrected chi connectivity index (χ0v) is 21.4. The fourth-order valence-corrected chi connectivity index (χ4v) is 6.00. The van der Waals surface area contributed by atoms with Gasteiger partial charge >= 0.3 is 0 Å². The molecule has 0 unspecified atom stereocenters. The Kier molecular flexibility index (Phi) is 4.85. The summed E-state index contributed by atoms with van der Waals surface area (Å²) in [6.45, 7) is 0. The van der Waals surface area contributed by atoms with Crippen LogP contribution in [0.15, 0.2) is 132 Å². The molecule has 3 heterocycles. The highest BCUT2D eigenvalue weighted by Gasteiger charge is 2.22. The van der Waals surface area contributed by atoms with Crippen LogP contribution in [0.1, 0.15) is 5.56 Å². The number of aromatic nitrogens is 2. The van der Waals surface area contributed by atoms with E-state index in [0.29, 0.717) is 5.56 Å². The number of pyridine rings is 1. The van der Waals surface area contributed by atoms with Crippen molar-refractivity contribution in [1.82, 2.24) is 9.55 Å². The zero-order valence-electron chi connectivity index (χ0n) is 21.4. The molecule has 0 saturated heterocycles. The van der Waals surface area contributed by atoms with Crippen LogP contribution in [0, 0.1) is 11.3 Å². The van der Waals surface area contributed by atoms with Crippen LogP contribution in [-0.4, -0.2) is 9.55 Å². The Morgan fingerprint density at radius 2 is 1.20 bits per heavy atom. The molecule has 0 saturated carbocycles. The molecule has 0 N–H and O–H groups in total. The highest BCUT2D eigenvalue weighted by molar-refractivity contribution is 6.11. The molecule has 0 aliphatic heterocycles. The number of benzene rings is 5. The molecule has 0 fully saturated rings. The summed E-state index contributed by atoms with van der Waals surface area (Å²) in [5.41, 5.74) is 9.14. The Morgan fingerprint density at radius 1 is 0.575 bits per heavy atom. The summed E-state index contributed by atoms with van der Waals surface area (Å²) in [6.07, 6.45) is 3.53. The van der Waals surface area contributed by atoms with Gasteiger partial charge in [0.05, 0.1) is 22.3 Å². The van der Waals surface area contributed by atoms with Gasteiger partial charge in [-0.1, -0.05) is 72.8 Å². The highest BCUT2D eigenvalue weighted by Crippen LogP contribution is 2.42. The number of nitrogens with zero attached hydrogens (tertiary/aromatic N) is 3. The van der Waals surface area contributed by atoms with E-state index >= 15 is 0 Å². The molecule has 0 radical (unpaired) electrons. The summed E-state index contributed by atoms with van der Waals surface area (Å²) in [7, 11) is 0. The molecular weight excluding hydrogens is 490 g/mol. The van der Waals surface area contributed by atoms with Gasteiger partial charge < -0.3 is 8.98 Å².